The topological polar surface area (TPSA) is 66.9 Å². The summed E-state index contributed by atoms with van der Waals surface area (Å²) in [5.41, 5.74) is 0.714. The molecule has 0 aliphatic carbocycles. The molecule has 0 aliphatic rings. The maximum atomic E-state index is 13.6. The lowest BCUT2D eigenvalue weighted by Crippen LogP contribution is -2.24. The number of carbonyl (C=O) groups is 1. The van der Waals surface area contributed by atoms with Crippen molar-refractivity contribution >= 4 is 17.4 Å². The smallest absolute Gasteiger partial charge is 0.272 e. The molecule has 0 atom stereocenters. The molecule has 7 heteroatoms. The SMILES string of the molecule is O=C(NCc1ccccc1F)c1ccc(Nc2ccccc2F)nn1. The third kappa shape index (κ3) is 4.14. The molecule has 3 rings (SSSR count). The number of aromatic nitrogens is 2. The van der Waals surface area contributed by atoms with Crippen LogP contribution in [0.5, 0.6) is 0 Å². The zero-order valence-corrected chi connectivity index (χ0v) is 13.0. The second-order valence-electron chi connectivity index (χ2n) is 5.18. The number of nitrogens with one attached hydrogen (secondary N) is 2. The summed E-state index contributed by atoms with van der Waals surface area (Å²) >= 11 is 0. The summed E-state index contributed by atoms with van der Waals surface area (Å²) < 4.78 is 27.1. The van der Waals surface area contributed by atoms with Gasteiger partial charge < -0.3 is 10.6 Å². The van der Waals surface area contributed by atoms with E-state index in [0.29, 0.717) is 11.4 Å². The van der Waals surface area contributed by atoms with Crippen molar-refractivity contribution in [2.24, 2.45) is 0 Å². The molecule has 0 saturated heterocycles. The van der Waals surface area contributed by atoms with Crippen molar-refractivity contribution in [3.63, 3.8) is 0 Å². The van der Waals surface area contributed by atoms with Gasteiger partial charge in [0.1, 0.15) is 11.6 Å². The lowest BCUT2D eigenvalue weighted by atomic mass is 10.2. The van der Waals surface area contributed by atoms with Gasteiger partial charge in [-0.2, -0.15) is 0 Å². The highest BCUT2D eigenvalue weighted by atomic mass is 19.1. The van der Waals surface area contributed by atoms with Crippen LogP contribution in [0.4, 0.5) is 20.3 Å². The lowest BCUT2D eigenvalue weighted by molar-refractivity contribution is 0.0944. The molecule has 25 heavy (non-hydrogen) atoms. The second kappa shape index (κ2) is 7.48. The molecule has 0 aliphatic heterocycles. The Morgan fingerprint density at radius 2 is 1.60 bits per heavy atom. The number of anilines is 2. The summed E-state index contributed by atoms with van der Waals surface area (Å²) in [6.45, 7) is 0.0441. The average Bonchev–Trinajstić information content (AvgIpc) is 2.63. The minimum atomic E-state index is -0.479. The normalized spacial score (nSPS) is 10.3. The Balaban J connectivity index is 1.63. The monoisotopic (exact) mass is 340 g/mol. The van der Waals surface area contributed by atoms with Crippen molar-refractivity contribution < 1.29 is 13.6 Å². The Morgan fingerprint density at radius 3 is 2.28 bits per heavy atom. The number of rotatable bonds is 5. The number of nitrogens with zero attached hydrogens (tertiary/aromatic N) is 2. The van der Waals surface area contributed by atoms with Gasteiger partial charge in [-0.25, -0.2) is 8.78 Å². The highest BCUT2D eigenvalue weighted by Crippen LogP contribution is 2.17. The molecule has 126 valence electrons. The van der Waals surface area contributed by atoms with E-state index < -0.39 is 17.5 Å². The summed E-state index contributed by atoms with van der Waals surface area (Å²) in [5, 5.41) is 13.0. The summed E-state index contributed by atoms with van der Waals surface area (Å²) in [7, 11) is 0. The van der Waals surface area contributed by atoms with Crippen LogP contribution in [-0.2, 0) is 6.54 Å². The van der Waals surface area contributed by atoms with Crippen LogP contribution in [0.1, 0.15) is 16.1 Å². The van der Waals surface area contributed by atoms with Gasteiger partial charge in [0.05, 0.1) is 5.69 Å². The van der Waals surface area contributed by atoms with Crippen molar-refractivity contribution in [2.75, 3.05) is 5.32 Å². The fraction of sp³-hybridized carbons (Fsp3) is 0.0556. The predicted octanol–water partition coefficient (Wildman–Crippen LogP) is 3.43. The lowest BCUT2D eigenvalue weighted by Gasteiger charge is -2.07. The number of para-hydroxylation sites is 1. The summed E-state index contributed by atoms with van der Waals surface area (Å²) in [5.74, 6) is -0.988. The minimum absolute atomic E-state index is 0.0441. The van der Waals surface area contributed by atoms with Crippen LogP contribution in [0.2, 0.25) is 0 Å². The maximum Gasteiger partial charge on any atom is 0.272 e. The number of benzene rings is 2. The molecule has 0 bridgehead atoms. The molecule has 2 N–H and O–H groups in total. The van der Waals surface area contributed by atoms with Crippen molar-refractivity contribution in [3.8, 4) is 0 Å². The average molecular weight is 340 g/mol. The van der Waals surface area contributed by atoms with E-state index in [1.807, 2.05) is 0 Å². The Morgan fingerprint density at radius 1 is 0.880 bits per heavy atom. The Bertz CT molecular complexity index is 884. The van der Waals surface area contributed by atoms with Crippen molar-refractivity contribution in [1.82, 2.24) is 15.5 Å². The van der Waals surface area contributed by atoms with Gasteiger partial charge in [-0.1, -0.05) is 30.3 Å². The summed E-state index contributed by atoms with van der Waals surface area (Å²) in [6.07, 6.45) is 0. The van der Waals surface area contributed by atoms with E-state index in [0.717, 1.165) is 0 Å². The molecule has 1 aromatic heterocycles. The number of amides is 1. The van der Waals surface area contributed by atoms with E-state index in [-0.39, 0.29) is 17.9 Å². The molecule has 1 heterocycles. The van der Waals surface area contributed by atoms with Gasteiger partial charge in [-0.05, 0) is 30.3 Å². The highest BCUT2D eigenvalue weighted by Gasteiger charge is 2.10. The van der Waals surface area contributed by atoms with E-state index in [9.17, 15) is 13.6 Å². The van der Waals surface area contributed by atoms with Gasteiger partial charge in [-0.3, -0.25) is 4.79 Å². The fourth-order valence-corrected chi connectivity index (χ4v) is 2.13. The first-order valence-electron chi connectivity index (χ1n) is 7.50. The van der Waals surface area contributed by atoms with Crippen LogP contribution in [0, 0.1) is 11.6 Å². The molecule has 1 amide bonds. The van der Waals surface area contributed by atoms with Crippen molar-refractivity contribution in [3.05, 3.63) is 83.6 Å². The largest absolute Gasteiger partial charge is 0.346 e. The van der Waals surface area contributed by atoms with E-state index in [1.165, 1.54) is 24.3 Å². The van der Waals surface area contributed by atoms with E-state index in [2.05, 4.69) is 20.8 Å². The van der Waals surface area contributed by atoms with Gasteiger partial charge in [0.15, 0.2) is 11.5 Å². The first kappa shape index (κ1) is 16.5. The number of carbonyl (C=O) groups excluding carboxylic acids is 1. The van der Waals surface area contributed by atoms with Gasteiger partial charge in [-0.15, -0.1) is 10.2 Å². The number of hydrogen-bond donors (Lipinski definition) is 2. The van der Waals surface area contributed by atoms with E-state index in [1.54, 1.807) is 36.4 Å². The van der Waals surface area contributed by atoms with Crippen LogP contribution in [0.3, 0.4) is 0 Å². The van der Waals surface area contributed by atoms with Crippen LogP contribution in [-0.4, -0.2) is 16.1 Å². The van der Waals surface area contributed by atoms with E-state index >= 15 is 0 Å². The molecule has 5 nitrogen and oxygen atoms in total. The van der Waals surface area contributed by atoms with Crippen molar-refractivity contribution in [1.29, 1.82) is 0 Å². The zero-order chi connectivity index (χ0) is 17.6. The Hall–Kier alpha value is -3.35. The van der Waals surface area contributed by atoms with Crippen molar-refractivity contribution in [2.45, 2.75) is 6.54 Å². The molecular weight excluding hydrogens is 326 g/mol. The summed E-state index contributed by atoms with van der Waals surface area (Å²) in [4.78, 5) is 12.0. The highest BCUT2D eigenvalue weighted by molar-refractivity contribution is 5.92. The molecule has 0 unspecified atom stereocenters. The second-order valence-corrected chi connectivity index (χ2v) is 5.18. The maximum absolute atomic E-state index is 13.6. The van der Waals surface area contributed by atoms with Crippen LogP contribution in [0.25, 0.3) is 0 Å². The molecule has 2 aromatic carbocycles. The third-order valence-electron chi connectivity index (χ3n) is 3.43. The molecule has 0 spiro atoms. The van der Waals surface area contributed by atoms with Gasteiger partial charge in [0.2, 0.25) is 0 Å². The molecule has 3 aromatic rings. The van der Waals surface area contributed by atoms with Crippen LogP contribution >= 0.6 is 0 Å². The molecule has 0 radical (unpaired) electrons. The van der Waals surface area contributed by atoms with Crippen LogP contribution in [0.15, 0.2) is 60.7 Å². The standard InChI is InChI=1S/C18H14F2N4O/c19-13-6-2-1-5-12(13)11-21-18(25)16-9-10-17(24-23-16)22-15-8-4-3-7-14(15)20/h1-10H,11H2,(H,21,25)(H,22,24). The quantitative estimate of drug-likeness (QED) is 0.747. The zero-order valence-electron chi connectivity index (χ0n) is 13.0. The third-order valence-corrected chi connectivity index (χ3v) is 3.43. The first-order chi connectivity index (χ1) is 12.1. The first-order valence-corrected chi connectivity index (χ1v) is 7.50. The summed E-state index contributed by atoms with van der Waals surface area (Å²) in [6, 6.07) is 15.3. The van der Waals surface area contributed by atoms with E-state index in [4.69, 9.17) is 0 Å². The fourth-order valence-electron chi connectivity index (χ4n) is 2.13. The minimum Gasteiger partial charge on any atom is -0.346 e. The van der Waals surface area contributed by atoms with Gasteiger partial charge in [0.25, 0.3) is 5.91 Å². The molecule has 0 fully saturated rings. The predicted molar refractivity (Wildman–Crippen MR) is 89.3 cm³/mol. The number of hydrogen-bond acceptors (Lipinski definition) is 4. The van der Waals surface area contributed by atoms with Gasteiger partial charge in [0, 0.05) is 12.1 Å². The number of halogens is 2. The van der Waals surface area contributed by atoms with Gasteiger partial charge >= 0.3 is 0 Å². The van der Waals surface area contributed by atoms with Crippen LogP contribution < -0.4 is 10.6 Å². The molecule has 0 saturated carbocycles. The Labute approximate surface area is 142 Å². The molecular formula is C18H14F2N4O. The Kier molecular flexibility index (Phi) is 4.94.